The number of fused-ring (bicyclic) bond motifs is 1. The van der Waals surface area contributed by atoms with Crippen LogP contribution in [0.5, 0.6) is 5.75 Å². The highest BCUT2D eigenvalue weighted by atomic mass is 35.5. The molecular weight excluding hydrogens is 340 g/mol. The van der Waals surface area contributed by atoms with Gasteiger partial charge in [-0.25, -0.2) is 0 Å². The zero-order valence-electron chi connectivity index (χ0n) is 14.2. The molecule has 0 radical (unpaired) electrons. The molecule has 134 valence electrons. The molecule has 2 aromatic rings. The highest BCUT2D eigenvalue weighted by Crippen LogP contribution is 2.32. The third-order valence-corrected chi connectivity index (χ3v) is 4.17. The molecule has 0 saturated carbocycles. The summed E-state index contributed by atoms with van der Waals surface area (Å²) in [5.41, 5.74) is 9.40. The largest absolute Gasteiger partial charge is 0.491 e. The number of hydrogen-bond donors (Lipinski definition) is 1. The maximum absolute atomic E-state index is 13.0. The topological polar surface area (TPSA) is 64.8 Å². The number of nitrogens with zero attached hydrogens (tertiary/aromatic N) is 1. The monoisotopic (exact) mass is 362 g/mol. The Morgan fingerprint density at radius 1 is 1.20 bits per heavy atom. The Labute approximate surface area is 154 Å². The van der Waals surface area contributed by atoms with Gasteiger partial charge in [-0.3, -0.25) is 4.79 Å². The fraction of sp³-hybridized carbons (Fsp3) is 0.316. The van der Waals surface area contributed by atoms with Crippen LogP contribution < -0.4 is 15.4 Å². The molecule has 0 saturated heterocycles. The minimum Gasteiger partial charge on any atom is -0.491 e. The Bertz CT molecular complexity index is 736. The standard InChI is InChI=1S/C19H22N2O3.ClH/c1-23-11-12-24-15-6-2-5-14(13-15)19(22)21-10-4-7-16-17(20)8-3-9-18(16)21;/h2-3,5-6,8-9,13H,4,7,10-12,20H2,1H3;1H. The first kappa shape index (κ1) is 19.1. The Morgan fingerprint density at radius 2 is 2.00 bits per heavy atom. The SMILES string of the molecule is COCCOc1cccc(C(=O)N2CCCc3c(N)cccc32)c1.Cl. The van der Waals surface area contributed by atoms with Crippen LogP contribution in [0.2, 0.25) is 0 Å². The second kappa shape index (κ2) is 8.74. The summed E-state index contributed by atoms with van der Waals surface area (Å²) >= 11 is 0. The molecule has 1 heterocycles. The van der Waals surface area contributed by atoms with Crippen LogP contribution in [0.1, 0.15) is 22.3 Å². The van der Waals surface area contributed by atoms with Crippen LogP contribution in [0.4, 0.5) is 11.4 Å². The average molecular weight is 363 g/mol. The molecule has 5 nitrogen and oxygen atoms in total. The third kappa shape index (κ3) is 4.24. The predicted molar refractivity (Wildman–Crippen MR) is 102 cm³/mol. The van der Waals surface area contributed by atoms with Crippen molar-refractivity contribution < 1.29 is 14.3 Å². The smallest absolute Gasteiger partial charge is 0.258 e. The van der Waals surface area contributed by atoms with E-state index in [1.54, 1.807) is 13.2 Å². The summed E-state index contributed by atoms with van der Waals surface area (Å²) in [5.74, 6) is 0.640. The Hall–Kier alpha value is -2.24. The Morgan fingerprint density at radius 3 is 2.80 bits per heavy atom. The lowest BCUT2D eigenvalue weighted by Crippen LogP contribution is -2.35. The second-order valence-electron chi connectivity index (χ2n) is 5.77. The number of halogens is 1. The van der Waals surface area contributed by atoms with E-state index in [1.165, 1.54) is 0 Å². The van der Waals surface area contributed by atoms with Crippen molar-refractivity contribution >= 4 is 29.7 Å². The molecule has 0 fully saturated rings. The summed E-state index contributed by atoms with van der Waals surface area (Å²) in [6.45, 7) is 1.66. The lowest BCUT2D eigenvalue weighted by atomic mass is 9.99. The van der Waals surface area contributed by atoms with Crippen molar-refractivity contribution in [1.29, 1.82) is 0 Å². The molecule has 1 aliphatic heterocycles. The number of benzene rings is 2. The first-order valence-corrected chi connectivity index (χ1v) is 8.11. The van der Waals surface area contributed by atoms with Gasteiger partial charge in [0.2, 0.25) is 0 Å². The molecule has 1 aliphatic rings. The van der Waals surface area contributed by atoms with Crippen molar-refractivity contribution in [3.63, 3.8) is 0 Å². The molecule has 0 spiro atoms. The maximum Gasteiger partial charge on any atom is 0.258 e. The van der Waals surface area contributed by atoms with E-state index in [0.29, 0.717) is 31.1 Å². The Balaban J connectivity index is 0.00000225. The molecule has 0 aromatic heterocycles. The number of ether oxygens (including phenoxy) is 2. The van der Waals surface area contributed by atoms with Crippen molar-refractivity contribution in [3.05, 3.63) is 53.6 Å². The van der Waals surface area contributed by atoms with Gasteiger partial charge in [0, 0.05) is 30.6 Å². The molecule has 3 rings (SSSR count). The maximum atomic E-state index is 13.0. The molecule has 6 heteroatoms. The molecule has 0 unspecified atom stereocenters. The van der Waals surface area contributed by atoms with E-state index in [4.69, 9.17) is 15.2 Å². The molecule has 25 heavy (non-hydrogen) atoms. The van der Waals surface area contributed by atoms with Gasteiger partial charge in [-0.05, 0) is 48.7 Å². The van der Waals surface area contributed by atoms with Crippen LogP contribution in [0.25, 0.3) is 0 Å². The normalized spacial score (nSPS) is 12.9. The van der Waals surface area contributed by atoms with E-state index < -0.39 is 0 Å². The van der Waals surface area contributed by atoms with Crippen molar-refractivity contribution in [1.82, 2.24) is 0 Å². The molecule has 0 aliphatic carbocycles. The van der Waals surface area contributed by atoms with Crippen LogP contribution in [0, 0.1) is 0 Å². The summed E-state index contributed by atoms with van der Waals surface area (Å²) in [5, 5.41) is 0. The molecule has 0 bridgehead atoms. The minimum atomic E-state index is -0.0289. The van der Waals surface area contributed by atoms with Gasteiger partial charge in [0.05, 0.1) is 6.61 Å². The number of nitrogen functional groups attached to an aromatic ring is 1. The number of amides is 1. The van der Waals surface area contributed by atoms with Crippen LogP contribution in [-0.2, 0) is 11.2 Å². The molecular formula is C19H23ClN2O3. The fourth-order valence-corrected chi connectivity index (χ4v) is 2.98. The van der Waals surface area contributed by atoms with Gasteiger partial charge in [0.1, 0.15) is 12.4 Å². The Kier molecular flexibility index (Phi) is 6.67. The minimum absolute atomic E-state index is 0. The fourth-order valence-electron chi connectivity index (χ4n) is 2.98. The van der Waals surface area contributed by atoms with Crippen molar-refractivity contribution in [2.45, 2.75) is 12.8 Å². The zero-order chi connectivity index (χ0) is 16.9. The van der Waals surface area contributed by atoms with Gasteiger partial charge >= 0.3 is 0 Å². The van der Waals surface area contributed by atoms with Crippen molar-refractivity contribution in [3.8, 4) is 5.75 Å². The van der Waals surface area contributed by atoms with Crippen molar-refractivity contribution in [2.24, 2.45) is 0 Å². The zero-order valence-corrected chi connectivity index (χ0v) is 15.1. The number of anilines is 2. The first-order chi connectivity index (χ1) is 11.7. The summed E-state index contributed by atoms with van der Waals surface area (Å²) in [6.07, 6.45) is 1.82. The quantitative estimate of drug-likeness (QED) is 0.654. The van der Waals surface area contributed by atoms with Gasteiger partial charge in [-0.1, -0.05) is 12.1 Å². The number of nitrogens with two attached hydrogens (primary N) is 1. The molecule has 2 N–H and O–H groups in total. The third-order valence-electron chi connectivity index (χ3n) is 4.17. The van der Waals surface area contributed by atoms with E-state index in [1.807, 2.05) is 41.3 Å². The lowest BCUT2D eigenvalue weighted by molar-refractivity contribution is 0.0984. The van der Waals surface area contributed by atoms with Gasteiger partial charge in [-0.2, -0.15) is 0 Å². The van der Waals surface area contributed by atoms with E-state index in [9.17, 15) is 4.79 Å². The van der Waals surface area contributed by atoms with E-state index in [0.717, 1.165) is 29.8 Å². The number of carbonyl (C=O) groups excluding carboxylic acids is 1. The first-order valence-electron chi connectivity index (χ1n) is 8.11. The summed E-state index contributed by atoms with van der Waals surface area (Å²) < 4.78 is 10.6. The van der Waals surface area contributed by atoms with Crippen LogP contribution in [0.15, 0.2) is 42.5 Å². The number of rotatable bonds is 5. The average Bonchev–Trinajstić information content (AvgIpc) is 2.62. The van der Waals surface area contributed by atoms with E-state index in [2.05, 4.69) is 0 Å². The number of carbonyl (C=O) groups is 1. The second-order valence-corrected chi connectivity index (χ2v) is 5.77. The molecule has 2 aromatic carbocycles. The highest BCUT2D eigenvalue weighted by molar-refractivity contribution is 6.07. The summed E-state index contributed by atoms with van der Waals surface area (Å²) in [6, 6.07) is 13.0. The van der Waals surface area contributed by atoms with Gasteiger partial charge < -0.3 is 20.1 Å². The highest BCUT2D eigenvalue weighted by Gasteiger charge is 2.24. The molecule has 1 amide bonds. The van der Waals surface area contributed by atoms with Gasteiger partial charge in [-0.15, -0.1) is 12.4 Å². The predicted octanol–water partition coefficient (Wildman–Crippen LogP) is 3.31. The lowest BCUT2D eigenvalue weighted by Gasteiger charge is -2.30. The van der Waals surface area contributed by atoms with E-state index in [-0.39, 0.29) is 18.3 Å². The summed E-state index contributed by atoms with van der Waals surface area (Å²) in [4.78, 5) is 14.8. The van der Waals surface area contributed by atoms with Crippen LogP contribution in [-0.4, -0.2) is 32.8 Å². The summed E-state index contributed by atoms with van der Waals surface area (Å²) in [7, 11) is 1.63. The van der Waals surface area contributed by atoms with Crippen LogP contribution in [0.3, 0.4) is 0 Å². The van der Waals surface area contributed by atoms with Crippen LogP contribution >= 0.6 is 12.4 Å². The van der Waals surface area contributed by atoms with Gasteiger partial charge in [0.15, 0.2) is 0 Å². The molecule has 0 atom stereocenters. The van der Waals surface area contributed by atoms with E-state index >= 15 is 0 Å². The van der Waals surface area contributed by atoms with Crippen molar-refractivity contribution in [2.75, 3.05) is 37.5 Å². The number of hydrogen-bond acceptors (Lipinski definition) is 4. The number of methoxy groups -OCH3 is 1. The van der Waals surface area contributed by atoms with Gasteiger partial charge in [0.25, 0.3) is 5.91 Å².